The first-order valence-corrected chi connectivity index (χ1v) is 33.1. The number of carbonyl (C=O) groups is 4. The zero-order chi connectivity index (χ0) is 65.4. The molecule has 4 amide bonds. The highest BCUT2D eigenvalue weighted by Gasteiger charge is 2.49. The molecular weight excluding hydrogens is 1210 g/mol. The van der Waals surface area contributed by atoms with E-state index in [1.54, 1.807) is 43.5 Å². The molecule has 3 aromatic heterocycles. The van der Waals surface area contributed by atoms with E-state index < -0.39 is 66.1 Å². The molecule has 7 aromatic rings. The average Bonchev–Trinajstić information content (AvgIpc) is 1.27. The molecule has 14 rings (SSSR count). The Morgan fingerprint density at radius 1 is 0.883 bits per heavy atom. The highest BCUT2D eigenvalue weighted by Crippen LogP contribution is 2.59. The number of nitrogens with zero attached hydrogens (tertiary/aromatic N) is 11. The van der Waals surface area contributed by atoms with E-state index in [2.05, 4.69) is 41.3 Å². The van der Waals surface area contributed by atoms with Crippen molar-refractivity contribution in [2.24, 2.45) is 5.92 Å². The minimum atomic E-state index is -1.05. The Morgan fingerprint density at radius 2 is 1.66 bits per heavy atom. The number of rotatable bonds is 18. The summed E-state index contributed by atoms with van der Waals surface area (Å²) in [5, 5.41) is 50.0. The van der Waals surface area contributed by atoms with Crippen molar-refractivity contribution in [1.29, 1.82) is 0 Å². The number of carbonyl (C=O) groups excluding carboxylic acids is 3. The lowest BCUT2D eigenvalue weighted by Gasteiger charge is -2.36. The Kier molecular flexibility index (Phi) is 16.9. The first-order valence-electron chi connectivity index (χ1n) is 33.1. The number of amides is 4. The monoisotopic (exact) mass is 1290 g/mol. The van der Waals surface area contributed by atoms with Gasteiger partial charge in [0.05, 0.1) is 73.9 Å². The Hall–Kier alpha value is -8.52. The summed E-state index contributed by atoms with van der Waals surface area (Å²) in [6.07, 6.45) is 6.77. The number of β-amino-alcohol motifs (C(OH)–C–C–N with tert-alkyl or cyclic N) is 1. The zero-order valence-electron chi connectivity index (χ0n) is 53.9. The van der Waals surface area contributed by atoms with E-state index in [9.17, 15) is 34.5 Å². The summed E-state index contributed by atoms with van der Waals surface area (Å²) in [6.45, 7) is 14.3. The number of halogens is 1. The van der Waals surface area contributed by atoms with E-state index in [1.165, 1.54) is 19.4 Å². The molecule has 24 nitrogen and oxygen atoms in total. The minimum Gasteiger partial charge on any atom is -0.489 e. The molecule has 4 N–H and O–H groups in total. The van der Waals surface area contributed by atoms with Gasteiger partial charge in [-0.25, -0.2) is 33.3 Å². The van der Waals surface area contributed by atoms with Crippen molar-refractivity contribution < 1.29 is 62.6 Å². The van der Waals surface area contributed by atoms with E-state index in [4.69, 9.17) is 38.8 Å². The molecule has 7 atom stereocenters. The van der Waals surface area contributed by atoms with Gasteiger partial charge in [0.2, 0.25) is 11.8 Å². The van der Waals surface area contributed by atoms with Gasteiger partial charge in [0.1, 0.15) is 65.8 Å². The van der Waals surface area contributed by atoms with Gasteiger partial charge in [0.25, 0.3) is 0 Å². The summed E-state index contributed by atoms with van der Waals surface area (Å²) in [4.78, 5) is 71.3. The maximum absolute atomic E-state index is 17.3. The number of likely N-dealkylation sites (tertiary alicyclic amines) is 2. The molecule has 496 valence electrons. The largest absolute Gasteiger partial charge is 0.489 e. The van der Waals surface area contributed by atoms with Crippen LogP contribution >= 0.6 is 0 Å². The predicted octanol–water partition coefficient (Wildman–Crippen LogP) is 9.27. The fraction of sp³-hybridized carbons (Fsp3) is 0.522. The molecule has 9 heterocycles. The molecule has 7 fully saturated rings. The normalized spacial score (nSPS) is 22.4. The lowest BCUT2D eigenvalue weighted by molar-refractivity contribution is -0.142. The maximum Gasteiger partial charge on any atom is 0.414 e. The number of aliphatic hydroxyl groups excluding tert-OH is 2. The second-order valence-corrected chi connectivity index (χ2v) is 27.6. The van der Waals surface area contributed by atoms with E-state index in [1.807, 2.05) is 49.0 Å². The fourth-order valence-corrected chi connectivity index (χ4v) is 14.6. The maximum atomic E-state index is 17.3. The number of ether oxygens (including phenoxy) is 5. The lowest BCUT2D eigenvalue weighted by atomic mass is 9.87. The van der Waals surface area contributed by atoms with Crippen LogP contribution in [0.5, 0.6) is 11.5 Å². The number of fused-ring (bicyclic) bond motifs is 4. The number of cyclic esters (lactones) is 1. The first kappa shape index (κ1) is 62.9. The van der Waals surface area contributed by atoms with Crippen LogP contribution in [0.4, 0.5) is 25.5 Å². The first-order chi connectivity index (χ1) is 45.3. The van der Waals surface area contributed by atoms with Gasteiger partial charge < -0.3 is 59.0 Å². The molecule has 2 bridgehead atoms. The molecule has 0 spiro atoms. The number of benzene rings is 4. The molecule has 1 aliphatic carbocycles. The second-order valence-electron chi connectivity index (χ2n) is 27.6. The molecule has 1 saturated carbocycles. The summed E-state index contributed by atoms with van der Waals surface area (Å²) >= 11 is 0. The van der Waals surface area contributed by atoms with Crippen LogP contribution in [0.1, 0.15) is 145 Å². The summed E-state index contributed by atoms with van der Waals surface area (Å²) in [5.41, 5.74) is 6.27. The van der Waals surface area contributed by atoms with Crippen molar-refractivity contribution >= 4 is 57.3 Å². The number of aliphatic hydroxyl groups is 2. The second kappa shape index (κ2) is 25.3. The fourth-order valence-electron chi connectivity index (χ4n) is 14.6. The summed E-state index contributed by atoms with van der Waals surface area (Å²) in [7, 11) is 0. The highest BCUT2D eigenvalue weighted by molar-refractivity contribution is 6.09. The van der Waals surface area contributed by atoms with Crippen molar-refractivity contribution in [1.82, 2.24) is 49.9 Å². The van der Waals surface area contributed by atoms with Crippen LogP contribution in [-0.2, 0) is 35.8 Å². The number of hydrogen-bond acceptors (Lipinski definition) is 17. The number of anilines is 2. The Labute approximate surface area is 543 Å². The Morgan fingerprint density at radius 3 is 2.32 bits per heavy atom. The van der Waals surface area contributed by atoms with Crippen molar-refractivity contribution in [2.75, 3.05) is 69.0 Å². The molecule has 1 unspecified atom stereocenters. The third kappa shape index (κ3) is 11.8. The van der Waals surface area contributed by atoms with Gasteiger partial charge in [-0.1, -0.05) is 76.2 Å². The number of nitrogens with one attached hydrogen (secondary N) is 1. The minimum absolute atomic E-state index is 0.00811. The molecule has 25 heteroatoms. The standard InChI is InChI=1S/C69H81FN12O12/c1-37(2)60(65(86)80-33-46(84)28-53(80)64(85)72-51(35-83)41-16-18-43(19-17-41)77-22-26-92-68(77)89)81-34-50(75-76-81)40-12-10-39(11-13-40)36-93-62-57(55-38(3)49(70)29-52-48(55)30-71-82(52)54-9-7-8-23-91-54)56(42-14-15-42)61(94-47-20-24-90-25-21-47)58-59(62)73-66(69(4,5)6)74-63(58)78-31-45-27-44(78)32-79(45)67(87)88/h10-13,16-19,29-30,34,37,42,44-47,51,53-54,60,83-84H,7-9,14-15,20-28,31-33,35-36H2,1-6H3,(H,72,85)(H,87,88)/t44-,45-,46+,51-,53-,54?,60-/m0/s1. The van der Waals surface area contributed by atoms with E-state index in [0.717, 1.165) is 48.6 Å². The third-order valence-corrected chi connectivity index (χ3v) is 19.8. The number of piperazine rings is 1. The van der Waals surface area contributed by atoms with Crippen LogP contribution < -0.4 is 24.6 Å². The molecule has 7 aliphatic rings. The van der Waals surface area contributed by atoms with Gasteiger partial charge in [-0.3, -0.25) is 14.5 Å². The van der Waals surface area contributed by atoms with E-state index >= 15 is 4.39 Å². The van der Waals surface area contributed by atoms with Crippen molar-refractivity contribution in [2.45, 2.75) is 166 Å². The van der Waals surface area contributed by atoms with Crippen molar-refractivity contribution in [3.63, 3.8) is 0 Å². The van der Waals surface area contributed by atoms with Crippen LogP contribution in [-0.4, -0.2) is 173 Å². The third-order valence-electron chi connectivity index (χ3n) is 19.8. The molecule has 0 radical (unpaired) electrons. The molecule has 6 saturated heterocycles. The van der Waals surface area contributed by atoms with Gasteiger partial charge in [-0.05, 0) is 86.1 Å². The predicted molar refractivity (Wildman–Crippen MR) is 344 cm³/mol. The molecular formula is C69H81FN12O12. The number of hydrogen-bond donors (Lipinski definition) is 4. The quantitative estimate of drug-likeness (QED) is 0.0623. The van der Waals surface area contributed by atoms with Gasteiger partial charge in [-0.2, -0.15) is 5.10 Å². The van der Waals surface area contributed by atoms with Crippen LogP contribution in [0.15, 0.2) is 67.0 Å². The summed E-state index contributed by atoms with van der Waals surface area (Å²) < 4.78 is 52.7. The van der Waals surface area contributed by atoms with Crippen LogP contribution in [0.2, 0.25) is 0 Å². The average molecular weight is 1290 g/mol. The van der Waals surface area contributed by atoms with Crippen LogP contribution in [0.25, 0.3) is 44.2 Å². The van der Waals surface area contributed by atoms with Crippen molar-refractivity contribution in [3.05, 3.63) is 101 Å². The van der Waals surface area contributed by atoms with E-state index in [0.29, 0.717) is 137 Å². The number of aromatic nitrogens is 7. The van der Waals surface area contributed by atoms with Gasteiger partial charge in [0, 0.05) is 90.3 Å². The van der Waals surface area contributed by atoms with E-state index in [-0.39, 0.29) is 62.4 Å². The Balaban J connectivity index is 0.811. The molecule has 94 heavy (non-hydrogen) atoms. The van der Waals surface area contributed by atoms with Gasteiger partial charge in [-0.15, -0.1) is 5.10 Å². The van der Waals surface area contributed by atoms with Crippen molar-refractivity contribution in [3.8, 4) is 33.9 Å². The zero-order valence-corrected chi connectivity index (χ0v) is 53.9. The van der Waals surface area contributed by atoms with Gasteiger partial charge >= 0.3 is 12.2 Å². The summed E-state index contributed by atoms with van der Waals surface area (Å²) in [5.74, 6) is 0.552. The molecule has 6 aliphatic heterocycles. The lowest BCUT2D eigenvalue weighted by Crippen LogP contribution is -2.50. The summed E-state index contributed by atoms with van der Waals surface area (Å²) in [6, 6.07) is 12.9. The SMILES string of the molecule is Cc1c(F)cc2c(cnn2C2CCCCO2)c1-c1c(C2CC2)c(OC2CCOCC2)c2c(N3C[C@@H]4C[C@H]3CN4C(=O)O)nc(C(C)(C)C)nc2c1OCc1ccc(-c2cn([C@H](C(=O)N3C[C@H](O)C[C@H]3C(=O)N[C@@H](CO)c3ccc(N4CCOC4=O)cc3)C(C)C)nn2)cc1. The Bertz CT molecular complexity index is 4050. The highest BCUT2D eigenvalue weighted by atomic mass is 19.1. The molecule has 4 aromatic carbocycles. The number of carboxylic acid groups (broad SMARTS) is 1. The topological polar surface area (TPSA) is 274 Å². The van der Waals surface area contributed by atoms with Gasteiger partial charge in [0.15, 0.2) is 12.0 Å². The van der Waals surface area contributed by atoms with Crippen LogP contribution in [0, 0.1) is 18.7 Å². The smallest absolute Gasteiger partial charge is 0.414 e. The van der Waals surface area contributed by atoms with Crippen LogP contribution in [0.3, 0.4) is 0 Å².